The number of fused-ring (bicyclic) bond motifs is 1. The number of para-hydroxylation sites is 1. The van der Waals surface area contributed by atoms with Crippen LogP contribution in [0.25, 0.3) is 11.0 Å². The molecule has 0 N–H and O–H groups in total. The van der Waals surface area contributed by atoms with Crippen molar-refractivity contribution in [3.05, 3.63) is 24.3 Å². The van der Waals surface area contributed by atoms with Crippen molar-refractivity contribution >= 4 is 16.9 Å². The Labute approximate surface area is 84.7 Å². The molecule has 0 unspecified atom stereocenters. The predicted molar refractivity (Wildman–Crippen MR) is 51.2 cm³/mol. The van der Waals surface area contributed by atoms with Crippen molar-refractivity contribution in [2.24, 2.45) is 5.92 Å². The lowest BCUT2D eigenvalue weighted by Gasteiger charge is -1.97. The van der Waals surface area contributed by atoms with E-state index in [1.165, 1.54) is 4.68 Å². The molecule has 1 aliphatic carbocycles. The van der Waals surface area contributed by atoms with Crippen LogP contribution in [0.1, 0.15) is 11.2 Å². The number of hydrogen-bond donors (Lipinski definition) is 0. The van der Waals surface area contributed by atoms with E-state index in [1.54, 1.807) is 18.2 Å². The zero-order valence-electron chi connectivity index (χ0n) is 7.80. The Morgan fingerprint density at radius 1 is 1.47 bits per heavy atom. The summed E-state index contributed by atoms with van der Waals surface area (Å²) < 4.78 is 13.9. The molecule has 5 heteroatoms. The lowest BCUT2D eigenvalue weighted by molar-refractivity contribution is 0.0862. The molecule has 76 valence electrons. The molecule has 0 saturated heterocycles. The van der Waals surface area contributed by atoms with Crippen molar-refractivity contribution in [2.75, 3.05) is 0 Å². The van der Waals surface area contributed by atoms with E-state index < -0.39 is 12.1 Å². The highest BCUT2D eigenvalue weighted by atomic mass is 19.1. The zero-order valence-corrected chi connectivity index (χ0v) is 7.80. The molecule has 1 aromatic heterocycles. The fourth-order valence-corrected chi connectivity index (χ4v) is 1.61. The van der Waals surface area contributed by atoms with Crippen LogP contribution in [-0.2, 0) is 0 Å². The first-order valence-corrected chi connectivity index (χ1v) is 4.76. The molecule has 4 nitrogen and oxygen atoms in total. The van der Waals surface area contributed by atoms with Crippen LogP contribution >= 0.6 is 0 Å². The largest absolute Gasteiger partial charge is 0.272 e. The summed E-state index contributed by atoms with van der Waals surface area (Å²) in [4.78, 5) is 11.7. The molecule has 1 fully saturated rings. The summed E-state index contributed by atoms with van der Waals surface area (Å²) in [5.41, 5.74) is 1.29. The number of hydrogen-bond acceptors (Lipinski definition) is 3. The average Bonchev–Trinajstić information content (AvgIpc) is 2.83. The van der Waals surface area contributed by atoms with E-state index in [1.807, 2.05) is 6.07 Å². The van der Waals surface area contributed by atoms with Crippen molar-refractivity contribution in [2.45, 2.75) is 12.6 Å². The summed E-state index contributed by atoms with van der Waals surface area (Å²) in [6, 6.07) is 7.14. The normalized spacial score (nSPS) is 24.3. The van der Waals surface area contributed by atoms with Gasteiger partial charge in [-0.25, -0.2) is 4.39 Å². The number of rotatable bonds is 1. The van der Waals surface area contributed by atoms with Crippen LogP contribution in [0.4, 0.5) is 4.39 Å². The second kappa shape index (κ2) is 2.85. The maximum atomic E-state index is 12.7. The van der Waals surface area contributed by atoms with Crippen molar-refractivity contribution < 1.29 is 9.18 Å². The Balaban J connectivity index is 2.07. The van der Waals surface area contributed by atoms with Gasteiger partial charge < -0.3 is 0 Å². The molecule has 2 atom stereocenters. The van der Waals surface area contributed by atoms with Crippen LogP contribution in [-0.4, -0.2) is 27.1 Å². The minimum atomic E-state index is -1.000. The fraction of sp³-hybridized carbons (Fsp3) is 0.300. The van der Waals surface area contributed by atoms with E-state index in [-0.39, 0.29) is 5.91 Å². The van der Waals surface area contributed by atoms with E-state index >= 15 is 0 Å². The van der Waals surface area contributed by atoms with Crippen molar-refractivity contribution in [3.8, 4) is 0 Å². The van der Waals surface area contributed by atoms with E-state index in [9.17, 15) is 9.18 Å². The van der Waals surface area contributed by atoms with E-state index in [2.05, 4.69) is 10.3 Å². The second-order valence-corrected chi connectivity index (χ2v) is 3.69. The molecular formula is C10H8FN3O. The average molecular weight is 205 g/mol. The molecule has 15 heavy (non-hydrogen) atoms. The minimum Gasteiger partial charge on any atom is -0.272 e. The third-order valence-electron chi connectivity index (χ3n) is 2.59. The third kappa shape index (κ3) is 1.23. The topological polar surface area (TPSA) is 47.8 Å². The van der Waals surface area contributed by atoms with E-state index in [0.717, 1.165) is 0 Å². The first-order chi connectivity index (χ1) is 7.27. The molecule has 3 rings (SSSR count). The van der Waals surface area contributed by atoms with Gasteiger partial charge >= 0.3 is 0 Å². The van der Waals surface area contributed by atoms with Crippen LogP contribution in [0.5, 0.6) is 0 Å². The number of halogens is 1. The van der Waals surface area contributed by atoms with Gasteiger partial charge in [0.1, 0.15) is 11.7 Å². The number of alkyl halides is 1. The molecule has 0 amide bonds. The summed E-state index contributed by atoms with van der Waals surface area (Å²) in [6.07, 6.45) is -0.687. The Morgan fingerprint density at radius 3 is 2.93 bits per heavy atom. The van der Waals surface area contributed by atoms with Crippen LogP contribution < -0.4 is 0 Å². The van der Waals surface area contributed by atoms with Gasteiger partial charge in [-0.3, -0.25) is 4.79 Å². The number of carbonyl (C=O) groups is 1. The maximum absolute atomic E-state index is 12.7. The summed E-state index contributed by atoms with van der Waals surface area (Å²) in [7, 11) is 0. The highest BCUT2D eigenvalue weighted by Gasteiger charge is 2.45. The number of benzene rings is 1. The van der Waals surface area contributed by atoms with E-state index in [0.29, 0.717) is 17.5 Å². The van der Waals surface area contributed by atoms with Crippen LogP contribution in [0, 0.1) is 5.92 Å². The molecule has 1 heterocycles. The molecule has 0 spiro atoms. The minimum absolute atomic E-state index is 0.295. The van der Waals surface area contributed by atoms with Gasteiger partial charge in [0.15, 0.2) is 0 Å². The maximum Gasteiger partial charge on any atom is 0.255 e. The van der Waals surface area contributed by atoms with Gasteiger partial charge in [0.2, 0.25) is 0 Å². The second-order valence-electron chi connectivity index (χ2n) is 3.69. The Morgan fingerprint density at radius 2 is 2.20 bits per heavy atom. The van der Waals surface area contributed by atoms with Crippen LogP contribution in [0.2, 0.25) is 0 Å². The van der Waals surface area contributed by atoms with Crippen molar-refractivity contribution in [1.29, 1.82) is 0 Å². The van der Waals surface area contributed by atoms with Gasteiger partial charge in [0, 0.05) is 0 Å². The standard InChI is InChI=1S/C10H8FN3O/c11-7-5-6(7)10(15)14-9-4-2-1-3-8(9)12-13-14/h1-4,6-7H,5H2/t6-,7-/m1/s1. The monoisotopic (exact) mass is 205 g/mol. The summed E-state index contributed by atoms with van der Waals surface area (Å²) in [5, 5.41) is 7.59. The van der Waals surface area contributed by atoms with E-state index in [4.69, 9.17) is 0 Å². The Kier molecular flexibility index (Phi) is 1.62. The summed E-state index contributed by atoms with van der Waals surface area (Å²) >= 11 is 0. The van der Waals surface area contributed by atoms with Gasteiger partial charge in [0.05, 0.1) is 11.4 Å². The molecule has 0 aliphatic heterocycles. The van der Waals surface area contributed by atoms with Gasteiger partial charge in [-0.1, -0.05) is 17.3 Å². The summed E-state index contributed by atoms with van der Waals surface area (Å²) in [5.74, 6) is -0.814. The number of aromatic nitrogens is 3. The van der Waals surface area contributed by atoms with Crippen LogP contribution in [0.3, 0.4) is 0 Å². The fourth-order valence-electron chi connectivity index (χ4n) is 1.61. The van der Waals surface area contributed by atoms with Gasteiger partial charge in [-0.05, 0) is 18.6 Å². The molecule has 1 aliphatic rings. The highest BCUT2D eigenvalue weighted by Crippen LogP contribution is 2.35. The number of nitrogens with zero attached hydrogens (tertiary/aromatic N) is 3. The third-order valence-corrected chi connectivity index (χ3v) is 2.59. The Hall–Kier alpha value is -1.78. The predicted octanol–water partition coefficient (Wildman–Crippen LogP) is 1.43. The highest BCUT2D eigenvalue weighted by molar-refractivity contribution is 5.91. The molecule has 1 aromatic carbocycles. The quantitative estimate of drug-likeness (QED) is 0.707. The summed E-state index contributed by atoms with van der Waals surface area (Å²) in [6.45, 7) is 0. The lowest BCUT2D eigenvalue weighted by atomic mass is 10.3. The zero-order chi connectivity index (χ0) is 10.4. The molecule has 1 saturated carbocycles. The van der Waals surface area contributed by atoms with Gasteiger partial charge in [-0.2, -0.15) is 4.68 Å². The molecule has 0 radical (unpaired) electrons. The van der Waals surface area contributed by atoms with Crippen molar-refractivity contribution in [3.63, 3.8) is 0 Å². The van der Waals surface area contributed by atoms with Gasteiger partial charge in [0.25, 0.3) is 5.91 Å². The van der Waals surface area contributed by atoms with Crippen molar-refractivity contribution in [1.82, 2.24) is 15.0 Å². The Bertz CT molecular complexity index is 536. The molecule has 0 bridgehead atoms. The first-order valence-electron chi connectivity index (χ1n) is 4.76. The SMILES string of the molecule is O=C([C@@H]1C[C@H]1F)n1nnc2ccccc21. The molecular weight excluding hydrogens is 197 g/mol. The van der Waals surface area contributed by atoms with Crippen LogP contribution in [0.15, 0.2) is 24.3 Å². The molecule has 2 aromatic rings. The first kappa shape index (κ1) is 8.52. The number of carbonyl (C=O) groups excluding carboxylic acids is 1. The van der Waals surface area contributed by atoms with Gasteiger partial charge in [-0.15, -0.1) is 5.10 Å². The lowest BCUT2D eigenvalue weighted by Crippen LogP contribution is -2.15. The smallest absolute Gasteiger partial charge is 0.255 e.